The van der Waals surface area contributed by atoms with Gasteiger partial charge in [0.2, 0.25) is 5.95 Å². The molecule has 0 atom stereocenters. The highest BCUT2D eigenvalue weighted by molar-refractivity contribution is 5.57. The van der Waals surface area contributed by atoms with Crippen LogP contribution >= 0.6 is 0 Å². The third kappa shape index (κ3) is 5.17. The summed E-state index contributed by atoms with van der Waals surface area (Å²) in [6.45, 7) is 0.794. The van der Waals surface area contributed by atoms with Gasteiger partial charge in [-0.1, -0.05) is 30.3 Å². The fraction of sp³-hybridized carbons (Fsp3) is 0.211. The number of nitrogens with one attached hydrogen (secondary N) is 2. The molecule has 1 aromatic heterocycles. The molecule has 0 radical (unpaired) electrons. The van der Waals surface area contributed by atoms with Crippen molar-refractivity contribution in [3.63, 3.8) is 0 Å². The van der Waals surface area contributed by atoms with E-state index in [4.69, 9.17) is 4.74 Å². The molecule has 0 bridgehead atoms. The lowest BCUT2D eigenvalue weighted by molar-refractivity contribution is 0.415. The van der Waals surface area contributed by atoms with E-state index >= 15 is 0 Å². The molecule has 0 fully saturated rings. The van der Waals surface area contributed by atoms with Gasteiger partial charge in [-0.2, -0.15) is 10.1 Å². The second kappa shape index (κ2) is 8.63. The van der Waals surface area contributed by atoms with Gasteiger partial charge >= 0.3 is 0 Å². The summed E-state index contributed by atoms with van der Waals surface area (Å²) in [7, 11) is 1.65. The van der Waals surface area contributed by atoms with Crippen LogP contribution in [0.3, 0.4) is 0 Å². The van der Waals surface area contributed by atoms with Crippen molar-refractivity contribution in [2.75, 3.05) is 24.3 Å². The Bertz CT molecular complexity index is 777. The first kappa shape index (κ1) is 16.7. The fourth-order valence-corrected chi connectivity index (χ4v) is 2.40. The second-order valence-corrected chi connectivity index (χ2v) is 5.53. The smallest absolute Gasteiger partial charge is 0.244 e. The summed E-state index contributed by atoms with van der Waals surface area (Å²) < 4.78 is 5.15. The van der Waals surface area contributed by atoms with Gasteiger partial charge in [-0.25, -0.2) is 0 Å². The molecule has 2 N–H and O–H groups in total. The molecule has 0 unspecified atom stereocenters. The Morgan fingerprint density at radius 2 is 1.80 bits per heavy atom. The number of methoxy groups -OCH3 is 1. The van der Waals surface area contributed by atoms with Crippen LogP contribution in [-0.4, -0.2) is 28.8 Å². The summed E-state index contributed by atoms with van der Waals surface area (Å²) in [5.74, 6) is 1.98. The summed E-state index contributed by atoms with van der Waals surface area (Å²) in [5.41, 5.74) is 2.24. The summed E-state index contributed by atoms with van der Waals surface area (Å²) in [6.07, 6.45) is 3.62. The molecule has 6 nitrogen and oxygen atoms in total. The van der Waals surface area contributed by atoms with E-state index < -0.39 is 0 Å². The lowest BCUT2D eigenvalue weighted by Crippen LogP contribution is -2.08. The zero-order valence-electron chi connectivity index (χ0n) is 14.1. The van der Waals surface area contributed by atoms with Crippen molar-refractivity contribution in [1.29, 1.82) is 0 Å². The molecular weight excluding hydrogens is 314 g/mol. The zero-order valence-corrected chi connectivity index (χ0v) is 14.1. The first-order valence-electron chi connectivity index (χ1n) is 8.22. The van der Waals surface area contributed by atoms with Gasteiger partial charge in [-0.15, -0.1) is 5.10 Å². The number of hydrogen-bond donors (Lipinski definition) is 2. The molecule has 3 aromatic rings. The Kier molecular flexibility index (Phi) is 5.77. The largest absolute Gasteiger partial charge is 0.497 e. The fourth-order valence-electron chi connectivity index (χ4n) is 2.40. The molecule has 0 saturated heterocycles. The predicted octanol–water partition coefficient (Wildman–Crippen LogP) is 3.67. The minimum atomic E-state index is 0.520. The number of hydrogen-bond acceptors (Lipinski definition) is 6. The zero-order chi connectivity index (χ0) is 17.3. The van der Waals surface area contributed by atoms with Crippen LogP contribution in [0.2, 0.25) is 0 Å². The maximum atomic E-state index is 5.15. The van der Waals surface area contributed by atoms with Crippen molar-refractivity contribution in [2.45, 2.75) is 12.8 Å². The van der Waals surface area contributed by atoms with Crippen LogP contribution in [0.15, 0.2) is 60.8 Å². The van der Waals surface area contributed by atoms with Crippen molar-refractivity contribution in [1.82, 2.24) is 15.2 Å². The molecule has 0 spiro atoms. The Labute approximate surface area is 147 Å². The normalized spacial score (nSPS) is 10.3. The molecule has 3 rings (SSSR count). The molecule has 25 heavy (non-hydrogen) atoms. The molecule has 0 saturated carbocycles. The summed E-state index contributed by atoms with van der Waals surface area (Å²) in [4.78, 5) is 4.43. The van der Waals surface area contributed by atoms with E-state index in [-0.39, 0.29) is 0 Å². The van der Waals surface area contributed by atoms with Gasteiger partial charge in [0.1, 0.15) is 5.75 Å². The molecule has 0 aliphatic rings. The van der Waals surface area contributed by atoms with Crippen molar-refractivity contribution in [3.05, 3.63) is 66.4 Å². The monoisotopic (exact) mass is 335 g/mol. The number of aryl methyl sites for hydroxylation is 1. The maximum absolute atomic E-state index is 5.15. The molecule has 0 amide bonds. The van der Waals surface area contributed by atoms with Gasteiger partial charge in [0.15, 0.2) is 5.82 Å². The van der Waals surface area contributed by atoms with E-state index in [1.807, 2.05) is 30.3 Å². The molecule has 6 heteroatoms. The van der Waals surface area contributed by atoms with E-state index in [0.717, 1.165) is 30.8 Å². The van der Waals surface area contributed by atoms with Gasteiger partial charge < -0.3 is 15.4 Å². The summed E-state index contributed by atoms with van der Waals surface area (Å²) >= 11 is 0. The number of aromatic nitrogens is 3. The van der Waals surface area contributed by atoms with E-state index in [1.54, 1.807) is 13.3 Å². The number of anilines is 3. The first-order chi connectivity index (χ1) is 12.3. The van der Waals surface area contributed by atoms with Crippen LogP contribution in [0.4, 0.5) is 17.5 Å². The molecule has 0 aliphatic heterocycles. The average Bonchev–Trinajstić information content (AvgIpc) is 2.67. The number of ether oxygens (including phenoxy) is 1. The van der Waals surface area contributed by atoms with Crippen LogP contribution in [0.5, 0.6) is 5.75 Å². The Morgan fingerprint density at radius 3 is 2.56 bits per heavy atom. The Balaban J connectivity index is 1.50. The number of nitrogens with zero attached hydrogens (tertiary/aromatic N) is 3. The van der Waals surface area contributed by atoms with Crippen LogP contribution in [-0.2, 0) is 6.42 Å². The van der Waals surface area contributed by atoms with Gasteiger partial charge in [0.25, 0.3) is 0 Å². The predicted molar refractivity (Wildman–Crippen MR) is 99.4 cm³/mol. The van der Waals surface area contributed by atoms with E-state index in [9.17, 15) is 0 Å². The third-order valence-corrected chi connectivity index (χ3v) is 3.69. The quantitative estimate of drug-likeness (QED) is 0.612. The lowest BCUT2D eigenvalue weighted by Gasteiger charge is -2.08. The SMILES string of the molecule is COc1ccc(Nc2cnnc(NCCCc3ccccc3)n2)cc1. The lowest BCUT2D eigenvalue weighted by atomic mass is 10.1. The van der Waals surface area contributed by atoms with Gasteiger partial charge in [0, 0.05) is 12.2 Å². The molecule has 128 valence electrons. The molecule has 1 heterocycles. The highest BCUT2D eigenvalue weighted by atomic mass is 16.5. The van der Waals surface area contributed by atoms with Crippen molar-refractivity contribution in [2.24, 2.45) is 0 Å². The topological polar surface area (TPSA) is 72.0 Å². The first-order valence-corrected chi connectivity index (χ1v) is 8.22. The molecular formula is C19H21N5O. The van der Waals surface area contributed by atoms with E-state index in [0.29, 0.717) is 11.8 Å². The van der Waals surface area contributed by atoms with Gasteiger partial charge in [-0.3, -0.25) is 0 Å². The van der Waals surface area contributed by atoms with Crippen molar-refractivity contribution >= 4 is 17.5 Å². The Hall–Kier alpha value is -3.15. The van der Waals surface area contributed by atoms with E-state index in [1.165, 1.54) is 5.56 Å². The van der Waals surface area contributed by atoms with Crippen molar-refractivity contribution < 1.29 is 4.74 Å². The van der Waals surface area contributed by atoms with Crippen LogP contribution in [0.1, 0.15) is 12.0 Å². The average molecular weight is 335 g/mol. The third-order valence-electron chi connectivity index (χ3n) is 3.69. The van der Waals surface area contributed by atoms with Crippen LogP contribution in [0.25, 0.3) is 0 Å². The number of benzene rings is 2. The molecule has 0 aliphatic carbocycles. The Morgan fingerprint density at radius 1 is 1.00 bits per heavy atom. The van der Waals surface area contributed by atoms with Gasteiger partial charge in [-0.05, 0) is 42.7 Å². The number of rotatable bonds is 8. The highest BCUT2D eigenvalue weighted by Gasteiger charge is 2.02. The van der Waals surface area contributed by atoms with Gasteiger partial charge in [0.05, 0.1) is 13.3 Å². The van der Waals surface area contributed by atoms with E-state index in [2.05, 4.69) is 50.1 Å². The van der Waals surface area contributed by atoms with Crippen LogP contribution < -0.4 is 15.4 Å². The maximum Gasteiger partial charge on any atom is 0.244 e. The minimum absolute atomic E-state index is 0.520. The summed E-state index contributed by atoms with van der Waals surface area (Å²) in [6, 6.07) is 18.0. The van der Waals surface area contributed by atoms with Crippen LogP contribution in [0, 0.1) is 0 Å². The van der Waals surface area contributed by atoms with Crippen molar-refractivity contribution in [3.8, 4) is 5.75 Å². The standard InChI is InChI=1S/C19H21N5O/c1-25-17-11-9-16(10-12-17)22-18-14-21-24-19(23-18)20-13-5-8-15-6-3-2-4-7-15/h2-4,6-7,9-12,14H,5,8,13H2,1H3,(H2,20,22,23,24). The highest BCUT2D eigenvalue weighted by Crippen LogP contribution is 2.18. The summed E-state index contributed by atoms with van der Waals surface area (Å²) in [5, 5.41) is 14.4. The molecule has 2 aromatic carbocycles. The second-order valence-electron chi connectivity index (χ2n) is 5.53. The minimum Gasteiger partial charge on any atom is -0.497 e.